The molecule has 2 aliphatic rings. The smallest absolute Gasteiger partial charge is 0.227 e. The Morgan fingerprint density at radius 2 is 2.04 bits per heavy atom. The Labute approximate surface area is 157 Å². The predicted molar refractivity (Wildman–Crippen MR) is 100 cm³/mol. The number of carbonyl (C=O) groups excluding carboxylic acids is 1. The van der Waals surface area contributed by atoms with E-state index in [0.29, 0.717) is 6.42 Å². The van der Waals surface area contributed by atoms with Crippen molar-refractivity contribution in [2.45, 2.75) is 32.2 Å². The normalized spacial score (nSPS) is 23.7. The molecule has 1 atom stereocenters. The summed E-state index contributed by atoms with van der Waals surface area (Å²) >= 11 is 1.71. The van der Waals surface area contributed by atoms with Gasteiger partial charge in [-0.1, -0.05) is 12.1 Å². The monoisotopic (exact) mass is 373 g/mol. The molecule has 4 nitrogen and oxygen atoms in total. The highest BCUT2D eigenvalue weighted by atomic mass is 32.1. The second-order valence-electron chi connectivity index (χ2n) is 7.61. The van der Waals surface area contributed by atoms with Gasteiger partial charge in [-0.3, -0.25) is 9.69 Å². The summed E-state index contributed by atoms with van der Waals surface area (Å²) in [5, 5.41) is 3.20. The number of hydrogen-bond acceptors (Lipinski definition) is 4. The number of aromatic nitrogens is 1. The van der Waals surface area contributed by atoms with Crippen LogP contribution in [0.4, 0.5) is 4.39 Å². The van der Waals surface area contributed by atoms with Crippen LogP contribution in [0.3, 0.4) is 0 Å². The van der Waals surface area contributed by atoms with Crippen LogP contribution in [-0.2, 0) is 17.8 Å². The molecular weight excluding hydrogens is 349 g/mol. The van der Waals surface area contributed by atoms with Gasteiger partial charge in [-0.25, -0.2) is 9.37 Å². The van der Waals surface area contributed by atoms with Crippen molar-refractivity contribution < 1.29 is 9.18 Å². The summed E-state index contributed by atoms with van der Waals surface area (Å²) in [6.45, 7) is 4.77. The van der Waals surface area contributed by atoms with Crippen LogP contribution in [0, 0.1) is 11.2 Å². The van der Waals surface area contributed by atoms with Gasteiger partial charge in [0, 0.05) is 36.6 Å². The molecule has 26 heavy (non-hydrogen) atoms. The third-order valence-corrected chi connectivity index (χ3v) is 6.41. The molecule has 0 bridgehead atoms. The zero-order chi connectivity index (χ0) is 18.0. The first-order valence-electron chi connectivity index (χ1n) is 9.25. The summed E-state index contributed by atoms with van der Waals surface area (Å²) in [5.41, 5.74) is 1.11. The lowest BCUT2D eigenvalue weighted by atomic mass is 9.79. The molecule has 1 spiro atoms. The largest absolute Gasteiger partial charge is 0.342 e. The fraction of sp³-hybridized carbons (Fsp3) is 0.500. The number of rotatable bonds is 4. The molecule has 0 N–H and O–H groups in total. The third-order valence-electron chi connectivity index (χ3n) is 5.64. The third kappa shape index (κ3) is 3.96. The van der Waals surface area contributed by atoms with Crippen LogP contribution in [0.5, 0.6) is 0 Å². The van der Waals surface area contributed by atoms with Crippen LogP contribution in [0.1, 0.15) is 29.8 Å². The van der Waals surface area contributed by atoms with Gasteiger partial charge in [-0.2, -0.15) is 0 Å². The van der Waals surface area contributed by atoms with E-state index in [9.17, 15) is 9.18 Å². The van der Waals surface area contributed by atoms with Gasteiger partial charge in [0.15, 0.2) is 0 Å². The second kappa shape index (κ2) is 7.45. The van der Waals surface area contributed by atoms with E-state index in [4.69, 9.17) is 0 Å². The van der Waals surface area contributed by atoms with Crippen molar-refractivity contribution >= 4 is 17.2 Å². The van der Waals surface area contributed by atoms with Gasteiger partial charge in [-0.15, -0.1) is 11.3 Å². The van der Waals surface area contributed by atoms with E-state index < -0.39 is 0 Å². The molecule has 138 valence electrons. The van der Waals surface area contributed by atoms with Crippen molar-refractivity contribution in [1.82, 2.24) is 14.8 Å². The van der Waals surface area contributed by atoms with Crippen molar-refractivity contribution in [2.75, 3.05) is 26.2 Å². The fourth-order valence-corrected chi connectivity index (χ4v) is 4.99. The van der Waals surface area contributed by atoms with Crippen LogP contribution in [0.15, 0.2) is 35.8 Å². The number of carbonyl (C=O) groups is 1. The average Bonchev–Trinajstić information content (AvgIpc) is 3.28. The maximum Gasteiger partial charge on any atom is 0.227 e. The quantitative estimate of drug-likeness (QED) is 0.825. The Morgan fingerprint density at radius 1 is 1.19 bits per heavy atom. The molecule has 0 aliphatic carbocycles. The predicted octanol–water partition coefficient (Wildman–Crippen LogP) is 3.34. The number of likely N-dealkylation sites (tertiary alicyclic amines) is 2. The minimum Gasteiger partial charge on any atom is -0.342 e. The van der Waals surface area contributed by atoms with Crippen molar-refractivity contribution in [3.05, 3.63) is 52.2 Å². The van der Waals surface area contributed by atoms with E-state index >= 15 is 0 Å². The number of hydrogen-bond donors (Lipinski definition) is 0. The summed E-state index contributed by atoms with van der Waals surface area (Å²) in [5.74, 6) is -0.102. The highest BCUT2D eigenvalue weighted by Gasteiger charge is 2.42. The number of thiazole rings is 1. The van der Waals surface area contributed by atoms with Crippen molar-refractivity contribution in [1.29, 1.82) is 0 Å². The van der Waals surface area contributed by atoms with Gasteiger partial charge >= 0.3 is 0 Å². The molecule has 3 heterocycles. The Morgan fingerprint density at radius 3 is 2.81 bits per heavy atom. The highest BCUT2D eigenvalue weighted by Crippen LogP contribution is 2.39. The molecule has 0 radical (unpaired) electrons. The molecule has 2 aliphatic heterocycles. The van der Waals surface area contributed by atoms with Crippen LogP contribution in [-0.4, -0.2) is 46.9 Å². The van der Waals surface area contributed by atoms with Crippen molar-refractivity contribution in [3.63, 3.8) is 0 Å². The zero-order valence-corrected chi connectivity index (χ0v) is 15.7. The van der Waals surface area contributed by atoms with Gasteiger partial charge in [-0.05, 0) is 43.5 Å². The van der Waals surface area contributed by atoms with E-state index in [0.717, 1.165) is 44.7 Å². The summed E-state index contributed by atoms with van der Waals surface area (Å²) in [6.07, 6.45) is 5.69. The molecule has 1 aromatic carbocycles. The first-order valence-corrected chi connectivity index (χ1v) is 10.1. The molecular formula is C20H24FN3OS. The molecule has 0 saturated carbocycles. The summed E-state index contributed by atoms with van der Waals surface area (Å²) in [7, 11) is 0. The molecule has 4 rings (SSSR count). The SMILES string of the molecule is O=C(Cc1ccc(F)cc1)N1CCC2(CCCN(Cc3nccs3)C2)C1. The molecule has 2 saturated heterocycles. The molecule has 2 fully saturated rings. The van der Waals surface area contributed by atoms with E-state index in [2.05, 4.69) is 9.88 Å². The van der Waals surface area contributed by atoms with E-state index in [1.165, 1.54) is 30.0 Å². The number of halogens is 1. The zero-order valence-electron chi connectivity index (χ0n) is 14.9. The fourth-order valence-electron chi connectivity index (χ4n) is 4.34. The highest BCUT2D eigenvalue weighted by molar-refractivity contribution is 7.09. The molecule has 1 amide bonds. The minimum absolute atomic E-state index is 0.158. The average molecular weight is 373 g/mol. The second-order valence-corrected chi connectivity index (χ2v) is 8.59. The minimum atomic E-state index is -0.260. The Kier molecular flexibility index (Phi) is 5.05. The topological polar surface area (TPSA) is 36.4 Å². The van der Waals surface area contributed by atoms with Crippen molar-refractivity contribution in [3.8, 4) is 0 Å². The van der Waals surface area contributed by atoms with E-state index in [1.807, 2.05) is 16.5 Å². The Bertz CT molecular complexity index is 749. The van der Waals surface area contributed by atoms with Gasteiger partial charge in [0.05, 0.1) is 13.0 Å². The lowest BCUT2D eigenvalue weighted by Gasteiger charge is -2.40. The summed E-state index contributed by atoms with van der Waals surface area (Å²) in [4.78, 5) is 21.6. The van der Waals surface area contributed by atoms with Gasteiger partial charge in [0.1, 0.15) is 10.8 Å². The number of benzene rings is 1. The lowest BCUT2D eigenvalue weighted by Crippen LogP contribution is -2.45. The number of amides is 1. The van der Waals surface area contributed by atoms with Crippen LogP contribution < -0.4 is 0 Å². The standard InChI is InChI=1S/C20H24FN3OS/c21-17-4-2-16(3-5-17)12-19(25)24-10-7-20(15-24)6-1-9-23(14-20)13-18-22-8-11-26-18/h2-5,8,11H,1,6-7,9-10,12-15H2. The molecule has 1 aromatic heterocycles. The Hall–Kier alpha value is -1.79. The van der Waals surface area contributed by atoms with Gasteiger partial charge in [0.2, 0.25) is 5.91 Å². The summed E-state index contributed by atoms with van der Waals surface area (Å²) < 4.78 is 13.0. The van der Waals surface area contributed by atoms with E-state index in [-0.39, 0.29) is 17.1 Å². The number of piperidine rings is 1. The first-order chi connectivity index (χ1) is 12.6. The Balaban J connectivity index is 1.35. The lowest BCUT2D eigenvalue weighted by molar-refractivity contribution is -0.130. The maximum atomic E-state index is 13.0. The van der Waals surface area contributed by atoms with Gasteiger partial charge < -0.3 is 4.90 Å². The maximum absolute atomic E-state index is 13.0. The van der Waals surface area contributed by atoms with E-state index in [1.54, 1.807) is 23.5 Å². The van der Waals surface area contributed by atoms with Gasteiger partial charge in [0.25, 0.3) is 0 Å². The van der Waals surface area contributed by atoms with Crippen LogP contribution >= 0.6 is 11.3 Å². The van der Waals surface area contributed by atoms with Crippen LogP contribution in [0.2, 0.25) is 0 Å². The van der Waals surface area contributed by atoms with Crippen LogP contribution in [0.25, 0.3) is 0 Å². The molecule has 1 unspecified atom stereocenters. The molecule has 2 aromatic rings. The number of nitrogens with zero attached hydrogens (tertiary/aromatic N) is 3. The van der Waals surface area contributed by atoms with Crippen molar-refractivity contribution in [2.24, 2.45) is 5.41 Å². The molecule has 6 heteroatoms. The summed E-state index contributed by atoms with van der Waals surface area (Å²) in [6, 6.07) is 6.25. The first kappa shape index (κ1) is 17.6.